The number of aryl methyl sites for hydroxylation is 1. The Bertz CT molecular complexity index is 681. The van der Waals surface area contributed by atoms with Crippen LogP contribution in [0.2, 0.25) is 0 Å². The van der Waals surface area contributed by atoms with Gasteiger partial charge in [0.2, 0.25) is 5.91 Å². The molecule has 0 unspecified atom stereocenters. The third-order valence-electron chi connectivity index (χ3n) is 4.48. The molecule has 0 aromatic heterocycles. The highest BCUT2D eigenvalue weighted by atomic mass is 16.1. The van der Waals surface area contributed by atoms with Crippen LogP contribution in [0.4, 0.5) is 17.1 Å². The number of hydrogen-bond donors (Lipinski definition) is 1. The topological polar surface area (TPSA) is 35.6 Å². The zero-order valence-electron chi connectivity index (χ0n) is 15.7. The van der Waals surface area contributed by atoms with Gasteiger partial charge in [-0.15, -0.1) is 0 Å². The summed E-state index contributed by atoms with van der Waals surface area (Å²) in [6.07, 6.45) is 0.461. The van der Waals surface area contributed by atoms with E-state index in [1.165, 1.54) is 5.69 Å². The second-order valence-corrected chi connectivity index (χ2v) is 6.23. The van der Waals surface area contributed by atoms with Crippen molar-refractivity contribution in [3.05, 3.63) is 54.1 Å². The molecule has 0 aliphatic heterocycles. The van der Waals surface area contributed by atoms with Gasteiger partial charge in [-0.05, 0) is 56.7 Å². The molecule has 4 heteroatoms. The van der Waals surface area contributed by atoms with Crippen LogP contribution < -0.4 is 15.1 Å². The highest BCUT2D eigenvalue weighted by Gasteiger charge is 2.09. The fraction of sp³-hybridized carbons (Fsp3) is 0.381. The van der Waals surface area contributed by atoms with E-state index in [0.717, 1.165) is 30.0 Å². The minimum absolute atomic E-state index is 0.0430. The van der Waals surface area contributed by atoms with Crippen molar-refractivity contribution in [1.82, 2.24) is 0 Å². The molecule has 25 heavy (non-hydrogen) atoms. The summed E-state index contributed by atoms with van der Waals surface area (Å²) in [5.41, 5.74) is 4.30. The van der Waals surface area contributed by atoms with Crippen molar-refractivity contribution in [2.75, 3.05) is 41.8 Å². The van der Waals surface area contributed by atoms with Gasteiger partial charge in [0.25, 0.3) is 0 Å². The van der Waals surface area contributed by atoms with Crippen molar-refractivity contribution in [2.45, 2.75) is 27.2 Å². The largest absolute Gasteiger partial charge is 0.374 e. The number of amides is 1. The number of carbonyl (C=O) groups is 1. The summed E-state index contributed by atoms with van der Waals surface area (Å²) in [5.74, 6) is 0.0430. The molecule has 1 amide bonds. The monoisotopic (exact) mass is 339 g/mol. The zero-order valence-corrected chi connectivity index (χ0v) is 15.7. The SMILES string of the molecule is CCN(CC)c1ccc(NC(=O)CCN(C)c2ccccc2)c(C)c1. The van der Waals surface area contributed by atoms with Crippen LogP contribution in [0.5, 0.6) is 0 Å². The van der Waals surface area contributed by atoms with Crippen molar-refractivity contribution in [2.24, 2.45) is 0 Å². The molecule has 0 atom stereocenters. The van der Waals surface area contributed by atoms with Crippen LogP contribution in [0.25, 0.3) is 0 Å². The first-order valence-electron chi connectivity index (χ1n) is 8.96. The lowest BCUT2D eigenvalue weighted by Crippen LogP contribution is -2.24. The maximum atomic E-state index is 12.3. The summed E-state index contributed by atoms with van der Waals surface area (Å²) in [6, 6.07) is 16.3. The fourth-order valence-corrected chi connectivity index (χ4v) is 2.87. The third kappa shape index (κ3) is 5.24. The molecule has 2 rings (SSSR count). The average Bonchev–Trinajstić information content (AvgIpc) is 2.63. The normalized spacial score (nSPS) is 10.4. The van der Waals surface area contributed by atoms with Crippen molar-refractivity contribution in [3.63, 3.8) is 0 Å². The van der Waals surface area contributed by atoms with Gasteiger partial charge in [-0.2, -0.15) is 0 Å². The van der Waals surface area contributed by atoms with Crippen LogP contribution in [0.1, 0.15) is 25.8 Å². The van der Waals surface area contributed by atoms with E-state index in [1.54, 1.807) is 0 Å². The van der Waals surface area contributed by atoms with Gasteiger partial charge < -0.3 is 15.1 Å². The van der Waals surface area contributed by atoms with Crippen LogP contribution in [-0.4, -0.2) is 32.6 Å². The van der Waals surface area contributed by atoms with Gasteiger partial charge in [0, 0.05) is 50.2 Å². The first-order chi connectivity index (χ1) is 12.0. The Morgan fingerprint density at radius 3 is 2.28 bits per heavy atom. The average molecular weight is 339 g/mol. The number of anilines is 3. The Morgan fingerprint density at radius 2 is 1.68 bits per heavy atom. The van der Waals surface area contributed by atoms with Crippen LogP contribution in [0.15, 0.2) is 48.5 Å². The van der Waals surface area contributed by atoms with Gasteiger partial charge in [0.05, 0.1) is 0 Å². The molecule has 0 radical (unpaired) electrons. The summed E-state index contributed by atoms with van der Waals surface area (Å²) in [7, 11) is 2.01. The number of benzene rings is 2. The van der Waals surface area contributed by atoms with Crippen LogP contribution in [0, 0.1) is 6.92 Å². The maximum absolute atomic E-state index is 12.3. The van der Waals surface area contributed by atoms with E-state index in [9.17, 15) is 4.79 Å². The van der Waals surface area contributed by atoms with Crippen molar-refractivity contribution in [3.8, 4) is 0 Å². The smallest absolute Gasteiger partial charge is 0.226 e. The molecule has 2 aromatic carbocycles. The lowest BCUT2D eigenvalue weighted by atomic mass is 10.1. The van der Waals surface area contributed by atoms with Crippen LogP contribution >= 0.6 is 0 Å². The molecule has 4 nitrogen and oxygen atoms in total. The van der Waals surface area contributed by atoms with E-state index in [-0.39, 0.29) is 5.91 Å². The van der Waals surface area contributed by atoms with Crippen molar-refractivity contribution in [1.29, 1.82) is 0 Å². The molecule has 1 N–H and O–H groups in total. The van der Waals surface area contributed by atoms with E-state index in [2.05, 4.69) is 41.1 Å². The van der Waals surface area contributed by atoms with E-state index in [1.807, 2.05) is 50.4 Å². The van der Waals surface area contributed by atoms with E-state index in [4.69, 9.17) is 0 Å². The zero-order chi connectivity index (χ0) is 18.2. The molecule has 0 saturated carbocycles. The molecule has 0 saturated heterocycles. The number of para-hydroxylation sites is 1. The molecule has 2 aromatic rings. The van der Waals surface area contributed by atoms with Crippen LogP contribution in [-0.2, 0) is 4.79 Å². The van der Waals surface area contributed by atoms with Crippen molar-refractivity contribution < 1.29 is 4.79 Å². The Morgan fingerprint density at radius 1 is 1.00 bits per heavy atom. The molecule has 0 spiro atoms. The standard InChI is InChI=1S/C21H29N3O/c1-5-24(6-2)19-12-13-20(17(3)16-19)22-21(25)14-15-23(4)18-10-8-7-9-11-18/h7-13,16H,5-6,14-15H2,1-4H3,(H,22,25). The first kappa shape index (κ1) is 18.8. The highest BCUT2D eigenvalue weighted by Crippen LogP contribution is 2.23. The van der Waals surface area contributed by atoms with E-state index >= 15 is 0 Å². The molecule has 0 aliphatic rings. The van der Waals surface area contributed by atoms with E-state index in [0.29, 0.717) is 13.0 Å². The van der Waals surface area contributed by atoms with Gasteiger partial charge in [-0.25, -0.2) is 0 Å². The quantitative estimate of drug-likeness (QED) is 0.778. The number of nitrogens with zero attached hydrogens (tertiary/aromatic N) is 2. The lowest BCUT2D eigenvalue weighted by Gasteiger charge is -2.22. The van der Waals surface area contributed by atoms with E-state index < -0.39 is 0 Å². The Labute approximate surface area is 151 Å². The van der Waals surface area contributed by atoms with Crippen molar-refractivity contribution >= 4 is 23.0 Å². The molecule has 0 aliphatic carbocycles. The predicted molar refractivity (Wildman–Crippen MR) is 108 cm³/mol. The lowest BCUT2D eigenvalue weighted by molar-refractivity contribution is -0.116. The Kier molecular flexibility index (Phi) is 6.87. The second kappa shape index (κ2) is 9.11. The Hall–Kier alpha value is -2.49. The molecular formula is C21H29N3O. The minimum Gasteiger partial charge on any atom is -0.374 e. The summed E-state index contributed by atoms with van der Waals surface area (Å²) in [4.78, 5) is 16.7. The third-order valence-corrected chi connectivity index (χ3v) is 4.48. The summed E-state index contributed by atoms with van der Waals surface area (Å²) < 4.78 is 0. The molecule has 134 valence electrons. The molecule has 0 fully saturated rings. The number of carbonyl (C=O) groups excluding carboxylic acids is 1. The van der Waals surface area contributed by atoms with Gasteiger partial charge >= 0.3 is 0 Å². The van der Waals surface area contributed by atoms with Crippen LogP contribution in [0.3, 0.4) is 0 Å². The number of nitrogens with one attached hydrogen (secondary N) is 1. The summed E-state index contributed by atoms with van der Waals surface area (Å²) >= 11 is 0. The second-order valence-electron chi connectivity index (χ2n) is 6.23. The highest BCUT2D eigenvalue weighted by molar-refractivity contribution is 5.92. The minimum atomic E-state index is 0.0430. The Balaban J connectivity index is 1.92. The molecule has 0 bridgehead atoms. The van der Waals surface area contributed by atoms with Gasteiger partial charge in [-0.3, -0.25) is 4.79 Å². The summed E-state index contributed by atoms with van der Waals surface area (Å²) in [6.45, 7) is 8.99. The summed E-state index contributed by atoms with van der Waals surface area (Å²) in [5, 5.41) is 3.04. The van der Waals surface area contributed by atoms with Gasteiger partial charge in [0.15, 0.2) is 0 Å². The van der Waals surface area contributed by atoms with Gasteiger partial charge in [-0.1, -0.05) is 18.2 Å². The van der Waals surface area contributed by atoms with Gasteiger partial charge in [0.1, 0.15) is 0 Å². The number of rotatable bonds is 8. The fourth-order valence-electron chi connectivity index (χ4n) is 2.87. The maximum Gasteiger partial charge on any atom is 0.226 e. The number of hydrogen-bond acceptors (Lipinski definition) is 3. The predicted octanol–water partition coefficient (Wildman–Crippen LogP) is 4.31. The first-order valence-corrected chi connectivity index (χ1v) is 8.96. The molecular weight excluding hydrogens is 310 g/mol. The molecule has 0 heterocycles.